The Kier molecular flexibility index (Phi) is 5.12. The Morgan fingerprint density at radius 2 is 2.08 bits per heavy atom. The molecule has 11 heteroatoms. The summed E-state index contributed by atoms with van der Waals surface area (Å²) in [7, 11) is -0.600. The van der Waals surface area contributed by atoms with Gasteiger partial charge in [-0.2, -0.15) is 18.5 Å². The standard InChI is InChI=1S/C15H22N6O4S/c1-20-15(22)13-11(9-17-20)7-12(19-14(13)25-2)21-5-3-10(4-6-21)8-18-26(16,23)24/h7,9-10,18H,3-6,8H2,1-2H3,(H2,16,23,24). The van der Waals surface area contributed by atoms with Crippen LogP contribution >= 0.6 is 0 Å². The van der Waals surface area contributed by atoms with Crippen LogP contribution in [0.4, 0.5) is 5.82 Å². The van der Waals surface area contributed by atoms with Gasteiger partial charge in [0.2, 0.25) is 5.88 Å². The fourth-order valence-corrected chi connectivity index (χ4v) is 3.58. The van der Waals surface area contributed by atoms with Crippen LogP contribution in [0.5, 0.6) is 5.88 Å². The van der Waals surface area contributed by atoms with Crippen molar-refractivity contribution in [1.29, 1.82) is 0 Å². The van der Waals surface area contributed by atoms with E-state index in [1.807, 2.05) is 6.07 Å². The molecule has 3 N–H and O–H groups in total. The third-order valence-electron chi connectivity index (χ3n) is 4.59. The SMILES string of the molecule is COc1nc(N2CCC(CNS(N)(=O)=O)CC2)cc2cnn(C)c(=O)c12. The lowest BCUT2D eigenvalue weighted by Gasteiger charge is -2.33. The largest absolute Gasteiger partial charge is 0.480 e. The van der Waals surface area contributed by atoms with Gasteiger partial charge in [0.05, 0.1) is 13.3 Å². The first-order chi connectivity index (χ1) is 12.3. The summed E-state index contributed by atoms with van der Waals surface area (Å²) in [6, 6.07) is 1.83. The molecule has 1 aliphatic heterocycles. The van der Waals surface area contributed by atoms with Crippen molar-refractivity contribution in [1.82, 2.24) is 19.5 Å². The summed E-state index contributed by atoms with van der Waals surface area (Å²) in [5.74, 6) is 1.21. The first kappa shape index (κ1) is 18.5. The molecule has 0 bridgehead atoms. The first-order valence-electron chi connectivity index (χ1n) is 8.22. The average Bonchev–Trinajstić information content (AvgIpc) is 2.62. The monoisotopic (exact) mass is 382 g/mol. The molecular formula is C15H22N6O4S. The van der Waals surface area contributed by atoms with Gasteiger partial charge >= 0.3 is 0 Å². The highest BCUT2D eigenvalue weighted by Gasteiger charge is 2.23. The van der Waals surface area contributed by atoms with Crippen molar-refractivity contribution < 1.29 is 13.2 Å². The highest BCUT2D eigenvalue weighted by molar-refractivity contribution is 7.87. The van der Waals surface area contributed by atoms with Gasteiger partial charge in [0.25, 0.3) is 15.8 Å². The zero-order valence-electron chi connectivity index (χ0n) is 14.7. The minimum absolute atomic E-state index is 0.223. The number of hydrogen-bond donors (Lipinski definition) is 2. The molecule has 3 heterocycles. The number of pyridine rings is 1. The van der Waals surface area contributed by atoms with Crippen LogP contribution in [0, 0.1) is 5.92 Å². The molecule has 0 atom stereocenters. The van der Waals surface area contributed by atoms with E-state index in [2.05, 4.69) is 19.7 Å². The van der Waals surface area contributed by atoms with Gasteiger partial charge in [0.15, 0.2) is 0 Å². The second-order valence-electron chi connectivity index (χ2n) is 6.35. The van der Waals surface area contributed by atoms with Gasteiger partial charge in [-0.05, 0) is 24.8 Å². The van der Waals surface area contributed by atoms with Crippen molar-refractivity contribution in [2.24, 2.45) is 18.1 Å². The molecule has 0 aliphatic carbocycles. The molecule has 0 radical (unpaired) electrons. The number of aromatic nitrogens is 3. The highest BCUT2D eigenvalue weighted by Crippen LogP contribution is 2.28. The fourth-order valence-electron chi connectivity index (χ4n) is 3.12. The predicted octanol–water partition coefficient (Wildman–Crippen LogP) is -0.653. The van der Waals surface area contributed by atoms with Gasteiger partial charge in [-0.3, -0.25) is 4.79 Å². The van der Waals surface area contributed by atoms with Crippen LogP contribution in [0.15, 0.2) is 17.1 Å². The Morgan fingerprint density at radius 3 is 2.69 bits per heavy atom. The number of methoxy groups -OCH3 is 1. The van der Waals surface area contributed by atoms with E-state index in [1.54, 1.807) is 13.2 Å². The molecule has 10 nitrogen and oxygen atoms in total. The van der Waals surface area contributed by atoms with Gasteiger partial charge < -0.3 is 9.64 Å². The zero-order chi connectivity index (χ0) is 18.9. The van der Waals surface area contributed by atoms with Crippen molar-refractivity contribution in [3.63, 3.8) is 0 Å². The topological polar surface area (TPSA) is 132 Å². The first-order valence-corrected chi connectivity index (χ1v) is 9.76. The number of piperidine rings is 1. The minimum atomic E-state index is -3.66. The van der Waals surface area contributed by atoms with Crippen molar-refractivity contribution in [3.8, 4) is 5.88 Å². The summed E-state index contributed by atoms with van der Waals surface area (Å²) < 4.78 is 30.9. The van der Waals surface area contributed by atoms with Gasteiger partial charge in [0, 0.05) is 32.1 Å². The number of ether oxygens (including phenoxy) is 1. The number of anilines is 1. The number of fused-ring (bicyclic) bond motifs is 1. The van der Waals surface area contributed by atoms with Gasteiger partial charge in [-0.1, -0.05) is 0 Å². The van der Waals surface area contributed by atoms with Crippen LogP contribution in [0.2, 0.25) is 0 Å². The van der Waals surface area contributed by atoms with Crippen LogP contribution in [0.1, 0.15) is 12.8 Å². The maximum absolute atomic E-state index is 12.3. The second-order valence-corrected chi connectivity index (χ2v) is 7.73. The van der Waals surface area contributed by atoms with E-state index in [-0.39, 0.29) is 17.4 Å². The Labute approximate surface area is 151 Å². The predicted molar refractivity (Wildman–Crippen MR) is 97.4 cm³/mol. The molecule has 142 valence electrons. The van der Waals surface area contributed by atoms with Crippen molar-refractivity contribution >= 4 is 26.8 Å². The van der Waals surface area contributed by atoms with Gasteiger partial charge in [0.1, 0.15) is 11.2 Å². The van der Waals surface area contributed by atoms with E-state index in [0.717, 1.165) is 25.9 Å². The van der Waals surface area contributed by atoms with Crippen LogP contribution < -0.4 is 25.1 Å². The summed E-state index contributed by atoms with van der Waals surface area (Å²) >= 11 is 0. The van der Waals surface area contributed by atoms with E-state index in [9.17, 15) is 13.2 Å². The molecular weight excluding hydrogens is 360 g/mol. The van der Waals surface area contributed by atoms with Crippen molar-refractivity contribution in [2.45, 2.75) is 12.8 Å². The lowest BCUT2D eigenvalue weighted by atomic mass is 9.97. The van der Waals surface area contributed by atoms with Gasteiger partial charge in [-0.15, -0.1) is 0 Å². The van der Waals surface area contributed by atoms with Crippen LogP contribution in [-0.4, -0.2) is 49.9 Å². The molecule has 1 fully saturated rings. The zero-order valence-corrected chi connectivity index (χ0v) is 15.5. The van der Waals surface area contributed by atoms with Gasteiger partial charge in [-0.25, -0.2) is 14.5 Å². The number of nitrogens with two attached hydrogens (primary N) is 1. The van der Waals surface area contributed by atoms with E-state index in [1.165, 1.54) is 11.8 Å². The van der Waals surface area contributed by atoms with E-state index in [4.69, 9.17) is 9.88 Å². The number of rotatable bonds is 5. The molecule has 1 saturated heterocycles. The number of hydrogen-bond acceptors (Lipinski definition) is 7. The Bertz CT molecular complexity index is 966. The third-order valence-corrected chi connectivity index (χ3v) is 5.16. The smallest absolute Gasteiger partial charge is 0.279 e. The normalized spacial score (nSPS) is 16.2. The van der Waals surface area contributed by atoms with Crippen molar-refractivity contribution in [2.75, 3.05) is 31.6 Å². The summed E-state index contributed by atoms with van der Waals surface area (Å²) in [6.45, 7) is 1.77. The Morgan fingerprint density at radius 1 is 1.38 bits per heavy atom. The average molecular weight is 382 g/mol. The molecule has 3 rings (SSSR count). The van der Waals surface area contributed by atoms with Crippen LogP contribution in [0.3, 0.4) is 0 Å². The molecule has 0 saturated carbocycles. The Hall–Kier alpha value is -2.24. The molecule has 1 aliphatic rings. The lowest BCUT2D eigenvalue weighted by molar-refractivity contribution is 0.392. The molecule has 0 unspecified atom stereocenters. The third kappa shape index (κ3) is 3.94. The number of aryl methyl sites for hydroxylation is 1. The molecule has 2 aromatic rings. The molecule has 0 aromatic carbocycles. The lowest BCUT2D eigenvalue weighted by Crippen LogP contribution is -2.40. The van der Waals surface area contributed by atoms with Crippen LogP contribution in [-0.2, 0) is 17.3 Å². The minimum Gasteiger partial charge on any atom is -0.480 e. The van der Waals surface area contributed by atoms with E-state index >= 15 is 0 Å². The summed E-state index contributed by atoms with van der Waals surface area (Å²) in [5.41, 5.74) is -0.258. The van der Waals surface area contributed by atoms with E-state index < -0.39 is 10.2 Å². The summed E-state index contributed by atoms with van der Waals surface area (Å²) in [6.07, 6.45) is 3.23. The molecule has 2 aromatic heterocycles. The van der Waals surface area contributed by atoms with E-state index in [0.29, 0.717) is 23.1 Å². The van der Waals surface area contributed by atoms with Crippen LogP contribution in [0.25, 0.3) is 10.8 Å². The second kappa shape index (κ2) is 7.17. The highest BCUT2D eigenvalue weighted by atomic mass is 32.2. The molecule has 0 spiro atoms. The molecule has 26 heavy (non-hydrogen) atoms. The number of nitrogens with one attached hydrogen (secondary N) is 1. The Balaban J connectivity index is 1.80. The molecule has 0 amide bonds. The maximum Gasteiger partial charge on any atom is 0.279 e. The quantitative estimate of drug-likeness (QED) is 0.702. The summed E-state index contributed by atoms with van der Waals surface area (Å²) in [4.78, 5) is 18.9. The van der Waals surface area contributed by atoms with Crippen molar-refractivity contribution in [3.05, 3.63) is 22.6 Å². The fraction of sp³-hybridized carbons (Fsp3) is 0.533. The number of nitrogens with zero attached hydrogens (tertiary/aromatic N) is 4. The maximum atomic E-state index is 12.3. The summed E-state index contributed by atoms with van der Waals surface area (Å²) in [5, 5.41) is 10.1.